The number of carbonyl (C=O) groups excluding carboxylic acids is 2. The summed E-state index contributed by atoms with van der Waals surface area (Å²) in [6.07, 6.45) is 4.15. The highest BCUT2D eigenvalue weighted by molar-refractivity contribution is 5.75. The van der Waals surface area contributed by atoms with E-state index in [2.05, 4.69) is 39.8 Å². The fraction of sp³-hybridized carbons (Fsp3) is 0.517. The van der Waals surface area contributed by atoms with Gasteiger partial charge in [-0.05, 0) is 44.7 Å². The summed E-state index contributed by atoms with van der Waals surface area (Å²) < 4.78 is 5.59. The Balaban J connectivity index is 1.56. The fourth-order valence-corrected chi connectivity index (χ4v) is 5.22. The Kier molecular flexibility index (Phi) is 8.52. The summed E-state index contributed by atoms with van der Waals surface area (Å²) in [7, 11) is 0. The van der Waals surface area contributed by atoms with Gasteiger partial charge < -0.3 is 20.3 Å². The molecule has 2 atom stereocenters. The quantitative estimate of drug-likeness (QED) is 0.577. The molecule has 2 aromatic rings. The molecule has 2 N–H and O–H groups in total. The van der Waals surface area contributed by atoms with Crippen LogP contribution >= 0.6 is 0 Å². The molecule has 1 saturated carbocycles. The van der Waals surface area contributed by atoms with Gasteiger partial charge in [0, 0.05) is 32.2 Å². The van der Waals surface area contributed by atoms with Crippen molar-refractivity contribution in [3.63, 3.8) is 0 Å². The first-order valence-corrected chi connectivity index (χ1v) is 13.2. The van der Waals surface area contributed by atoms with Crippen LogP contribution < -0.4 is 10.6 Å². The zero-order valence-corrected chi connectivity index (χ0v) is 21.8. The Morgan fingerprint density at radius 3 is 1.97 bits per heavy atom. The van der Waals surface area contributed by atoms with Crippen LogP contribution in [0.2, 0.25) is 0 Å². The monoisotopic (exact) mass is 492 g/mol. The summed E-state index contributed by atoms with van der Waals surface area (Å²) in [5.41, 5.74) is 1.68. The minimum absolute atomic E-state index is 0.0799. The third kappa shape index (κ3) is 7.00. The summed E-state index contributed by atoms with van der Waals surface area (Å²) >= 11 is 0. The number of carbonyl (C=O) groups is 2. The second-order valence-electron chi connectivity index (χ2n) is 10.8. The topological polar surface area (TPSA) is 73.9 Å². The van der Waals surface area contributed by atoms with Crippen molar-refractivity contribution < 1.29 is 14.3 Å². The Labute approximate surface area is 215 Å². The highest BCUT2D eigenvalue weighted by Gasteiger charge is 2.35. The van der Waals surface area contributed by atoms with E-state index in [0.29, 0.717) is 26.2 Å². The lowest BCUT2D eigenvalue weighted by atomic mass is 9.91. The van der Waals surface area contributed by atoms with E-state index in [1.807, 2.05) is 57.2 Å². The van der Waals surface area contributed by atoms with E-state index in [0.717, 1.165) is 24.0 Å². The molecule has 194 valence electrons. The maximum Gasteiger partial charge on any atom is 0.410 e. The normalized spacial score (nSPS) is 18.9. The largest absolute Gasteiger partial charge is 0.444 e. The molecule has 2 aliphatic rings. The number of urea groups is 1. The highest BCUT2D eigenvalue weighted by Crippen LogP contribution is 2.35. The van der Waals surface area contributed by atoms with Gasteiger partial charge in [0.15, 0.2) is 0 Å². The molecule has 2 fully saturated rings. The first kappa shape index (κ1) is 26.0. The van der Waals surface area contributed by atoms with Crippen molar-refractivity contribution in [2.75, 3.05) is 26.2 Å². The first-order chi connectivity index (χ1) is 17.3. The van der Waals surface area contributed by atoms with E-state index in [4.69, 9.17) is 4.74 Å². The second kappa shape index (κ2) is 11.8. The SMILES string of the molecule is CC(C)(C)OC(=O)N1CCN(C(c2ccccc2)C(NC(=O)NC2CCCC2)c2ccccc2)CC1. The van der Waals surface area contributed by atoms with Gasteiger partial charge in [-0.3, -0.25) is 4.90 Å². The van der Waals surface area contributed by atoms with Gasteiger partial charge in [0.05, 0.1) is 12.1 Å². The molecule has 2 unspecified atom stereocenters. The predicted molar refractivity (Wildman–Crippen MR) is 142 cm³/mol. The number of amides is 3. The molecular weight excluding hydrogens is 452 g/mol. The number of rotatable bonds is 6. The van der Waals surface area contributed by atoms with Crippen molar-refractivity contribution in [1.29, 1.82) is 0 Å². The molecule has 1 aliphatic heterocycles. The average molecular weight is 493 g/mol. The first-order valence-electron chi connectivity index (χ1n) is 13.2. The molecule has 1 heterocycles. The average Bonchev–Trinajstić information content (AvgIpc) is 3.37. The van der Waals surface area contributed by atoms with E-state index in [9.17, 15) is 9.59 Å². The number of nitrogens with one attached hydrogen (secondary N) is 2. The molecule has 1 saturated heterocycles. The number of hydrogen-bond donors (Lipinski definition) is 2. The van der Waals surface area contributed by atoms with Crippen molar-refractivity contribution in [3.8, 4) is 0 Å². The molecule has 1 aliphatic carbocycles. The number of piperazine rings is 1. The minimum atomic E-state index is -0.518. The van der Waals surface area contributed by atoms with Crippen LogP contribution in [0.15, 0.2) is 60.7 Å². The van der Waals surface area contributed by atoms with Gasteiger partial charge in [-0.25, -0.2) is 9.59 Å². The molecule has 7 heteroatoms. The summed E-state index contributed by atoms with van der Waals surface area (Å²) in [5.74, 6) is 0. The zero-order chi connectivity index (χ0) is 25.5. The Morgan fingerprint density at radius 2 is 1.42 bits per heavy atom. The summed E-state index contributed by atoms with van der Waals surface area (Å²) in [6, 6.07) is 20.3. The van der Waals surface area contributed by atoms with E-state index < -0.39 is 5.60 Å². The van der Waals surface area contributed by atoms with Gasteiger partial charge >= 0.3 is 12.1 Å². The molecule has 0 radical (unpaired) electrons. The standard InChI is InChI=1S/C29H40N4O3/c1-29(2,3)36-28(35)33-20-18-32(19-21-33)26(23-14-8-5-9-15-23)25(22-12-6-4-7-13-22)31-27(34)30-24-16-10-11-17-24/h4-9,12-15,24-26H,10-11,16-21H2,1-3H3,(H2,30,31,34). The van der Waals surface area contributed by atoms with Crippen molar-refractivity contribution >= 4 is 12.1 Å². The molecular formula is C29H40N4O3. The van der Waals surface area contributed by atoms with Gasteiger partial charge in [-0.15, -0.1) is 0 Å². The summed E-state index contributed by atoms with van der Waals surface area (Å²) in [5, 5.41) is 6.52. The van der Waals surface area contributed by atoms with E-state index >= 15 is 0 Å². The fourth-order valence-electron chi connectivity index (χ4n) is 5.22. The van der Waals surface area contributed by atoms with Gasteiger partial charge in [0.25, 0.3) is 0 Å². The van der Waals surface area contributed by atoms with Crippen LogP contribution in [0.3, 0.4) is 0 Å². The lowest BCUT2D eigenvalue weighted by Gasteiger charge is -2.43. The third-order valence-corrected chi connectivity index (χ3v) is 6.95. The van der Waals surface area contributed by atoms with Crippen molar-refractivity contribution in [3.05, 3.63) is 71.8 Å². The van der Waals surface area contributed by atoms with Crippen LogP contribution in [0.25, 0.3) is 0 Å². The lowest BCUT2D eigenvalue weighted by molar-refractivity contribution is 0.00813. The summed E-state index contributed by atoms with van der Waals surface area (Å²) in [4.78, 5) is 30.0. The zero-order valence-electron chi connectivity index (χ0n) is 21.8. The van der Waals surface area contributed by atoms with E-state index in [1.54, 1.807) is 4.90 Å². The minimum Gasteiger partial charge on any atom is -0.444 e. The smallest absolute Gasteiger partial charge is 0.410 e. The van der Waals surface area contributed by atoms with Crippen molar-refractivity contribution in [2.24, 2.45) is 0 Å². The molecule has 0 aromatic heterocycles. The number of hydrogen-bond acceptors (Lipinski definition) is 4. The second-order valence-corrected chi connectivity index (χ2v) is 10.8. The van der Waals surface area contributed by atoms with Crippen LogP contribution in [-0.4, -0.2) is 59.7 Å². The van der Waals surface area contributed by atoms with E-state index in [-0.39, 0.29) is 30.2 Å². The van der Waals surface area contributed by atoms with Crippen LogP contribution in [0.4, 0.5) is 9.59 Å². The highest BCUT2D eigenvalue weighted by atomic mass is 16.6. The maximum absolute atomic E-state index is 13.2. The Morgan fingerprint density at radius 1 is 0.861 bits per heavy atom. The Bertz CT molecular complexity index is 979. The van der Waals surface area contributed by atoms with Gasteiger partial charge in [-0.2, -0.15) is 0 Å². The van der Waals surface area contributed by atoms with Crippen LogP contribution in [-0.2, 0) is 4.74 Å². The maximum atomic E-state index is 13.2. The number of ether oxygens (including phenoxy) is 1. The van der Waals surface area contributed by atoms with Crippen molar-refractivity contribution in [1.82, 2.24) is 20.4 Å². The molecule has 0 spiro atoms. The van der Waals surface area contributed by atoms with Crippen molar-refractivity contribution in [2.45, 2.75) is 70.2 Å². The molecule has 36 heavy (non-hydrogen) atoms. The predicted octanol–water partition coefficient (Wildman–Crippen LogP) is 5.26. The molecule has 0 bridgehead atoms. The number of benzene rings is 2. The van der Waals surface area contributed by atoms with Gasteiger partial charge in [0.2, 0.25) is 0 Å². The lowest BCUT2D eigenvalue weighted by Crippen LogP contribution is -2.53. The molecule has 3 amide bonds. The molecule has 7 nitrogen and oxygen atoms in total. The number of nitrogens with zero attached hydrogens (tertiary/aromatic N) is 2. The van der Waals surface area contributed by atoms with Crippen LogP contribution in [0, 0.1) is 0 Å². The Hall–Kier alpha value is -3.06. The molecule has 4 rings (SSSR count). The van der Waals surface area contributed by atoms with Crippen LogP contribution in [0.1, 0.15) is 69.7 Å². The van der Waals surface area contributed by atoms with E-state index in [1.165, 1.54) is 12.8 Å². The summed E-state index contributed by atoms with van der Waals surface area (Å²) in [6.45, 7) is 8.20. The molecule has 2 aromatic carbocycles. The van der Waals surface area contributed by atoms with Gasteiger partial charge in [-0.1, -0.05) is 73.5 Å². The van der Waals surface area contributed by atoms with Crippen LogP contribution in [0.5, 0.6) is 0 Å². The van der Waals surface area contributed by atoms with Gasteiger partial charge in [0.1, 0.15) is 5.60 Å². The third-order valence-electron chi connectivity index (χ3n) is 6.95.